The van der Waals surface area contributed by atoms with Gasteiger partial charge in [0.15, 0.2) is 5.65 Å². The summed E-state index contributed by atoms with van der Waals surface area (Å²) in [5, 5.41) is 13.7. The summed E-state index contributed by atoms with van der Waals surface area (Å²) in [6.07, 6.45) is 4.70. The molecule has 0 atom stereocenters. The van der Waals surface area contributed by atoms with Crippen LogP contribution in [0.5, 0.6) is 0 Å². The quantitative estimate of drug-likeness (QED) is 0.294. The standard InChI is InChI=1S/C25H27N5OS/c1-17-7-6-8-18(15-17)16-30-21-10-3-2-9-20(21)23-24(30)27-25(29-28-23)32-14-5-4-11-22(31)26-19-12-13-19/h2-3,6-10,15,19H,4-5,11-14,16H2,1H3,(H,26,31). The molecule has 2 heterocycles. The number of benzene rings is 2. The van der Waals surface area contributed by atoms with E-state index in [2.05, 4.69) is 69.5 Å². The molecule has 32 heavy (non-hydrogen) atoms. The predicted octanol–water partition coefficient (Wildman–Crippen LogP) is 4.88. The lowest BCUT2D eigenvalue weighted by atomic mass is 10.1. The minimum absolute atomic E-state index is 0.178. The normalized spacial score (nSPS) is 13.7. The zero-order valence-electron chi connectivity index (χ0n) is 18.3. The number of nitrogens with one attached hydrogen (secondary N) is 1. The molecule has 0 unspecified atom stereocenters. The van der Waals surface area contributed by atoms with Crippen molar-refractivity contribution in [3.63, 3.8) is 0 Å². The zero-order chi connectivity index (χ0) is 21.9. The van der Waals surface area contributed by atoms with Gasteiger partial charge in [-0.15, -0.1) is 10.2 Å². The fourth-order valence-electron chi connectivity index (χ4n) is 3.98. The maximum atomic E-state index is 11.8. The van der Waals surface area contributed by atoms with E-state index in [1.165, 1.54) is 11.1 Å². The molecule has 5 rings (SSSR count). The van der Waals surface area contributed by atoms with Gasteiger partial charge in [-0.1, -0.05) is 59.8 Å². The first-order chi connectivity index (χ1) is 15.7. The van der Waals surface area contributed by atoms with Crippen LogP contribution in [0.3, 0.4) is 0 Å². The second-order valence-electron chi connectivity index (χ2n) is 8.51. The molecular weight excluding hydrogens is 418 g/mol. The van der Waals surface area contributed by atoms with Crippen molar-refractivity contribution in [3.8, 4) is 0 Å². The molecule has 1 fully saturated rings. The molecule has 7 heteroatoms. The van der Waals surface area contributed by atoms with Gasteiger partial charge in [0.05, 0.1) is 5.52 Å². The van der Waals surface area contributed by atoms with Crippen molar-refractivity contribution in [3.05, 3.63) is 59.7 Å². The maximum Gasteiger partial charge on any atom is 0.220 e. The van der Waals surface area contributed by atoms with Crippen LogP contribution in [-0.2, 0) is 11.3 Å². The van der Waals surface area contributed by atoms with Crippen LogP contribution in [-0.4, -0.2) is 37.5 Å². The van der Waals surface area contributed by atoms with E-state index >= 15 is 0 Å². The van der Waals surface area contributed by atoms with Gasteiger partial charge in [-0.25, -0.2) is 4.98 Å². The van der Waals surface area contributed by atoms with Crippen LogP contribution < -0.4 is 5.32 Å². The Kier molecular flexibility index (Phi) is 6.08. The Balaban J connectivity index is 1.32. The first-order valence-corrected chi connectivity index (χ1v) is 12.3. The number of aryl methyl sites for hydroxylation is 1. The molecule has 6 nitrogen and oxygen atoms in total. The first-order valence-electron chi connectivity index (χ1n) is 11.3. The van der Waals surface area contributed by atoms with Crippen LogP contribution >= 0.6 is 11.8 Å². The Bertz CT molecular complexity index is 1260. The third kappa shape index (κ3) is 4.78. The number of thioether (sulfide) groups is 1. The highest BCUT2D eigenvalue weighted by Gasteiger charge is 2.22. The number of para-hydroxylation sites is 1. The van der Waals surface area contributed by atoms with Gasteiger partial charge in [0.1, 0.15) is 5.52 Å². The van der Waals surface area contributed by atoms with Gasteiger partial charge in [-0.05, 0) is 44.2 Å². The van der Waals surface area contributed by atoms with Gasteiger partial charge in [0.25, 0.3) is 0 Å². The summed E-state index contributed by atoms with van der Waals surface area (Å²) in [5.41, 5.74) is 5.32. The van der Waals surface area contributed by atoms with Crippen molar-refractivity contribution >= 4 is 39.7 Å². The van der Waals surface area contributed by atoms with Crippen molar-refractivity contribution in [2.75, 3.05) is 5.75 Å². The van der Waals surface area contributed by atoms with Gasteiger partial charge in [0, 0.05) is 30.1 Å². The van der Waals surface area contributed by atoms with Gasteiger partial charge in [-0.2, -0.15) is 0 Å². The zero-order valence-corrected chi connectivity index (χ0v) is 19.1. The summed E-state index contributed by atoms with van der Waals surface area (Å²) < 4.78 is 2.24. The van der Waals surface area contributed by atoms with E-state index in [1.807, 2.05) is 6.07 Å². The highest BCUT2D eigenvalue weighted by atomic mass is 32.2. The van der Waals surface area contributed by atoms with E-state index in [0.717, 1.165) is 60.0 Å². The average molecular weight is 446 g/mol. The molecule has 164 valence electrons. The van der Waals surface area contributed by atoms with Gasteiger partial charge < -0.3 is 9.88 Å². The van der Waals surface area contributed by atoms with Crippen LogP contribution in [0.1, 0.15) is 43.2 Å². The Hall–Kier alpha value is -2.93. The van der Waals surface area contributed by atoms with Crippen LogP contribution in [0, 0.1) is 6.92 Å². The third-order valence-electron chi connectivity index (χ3n) is 5.75. The second-order valence-corrected chi connectivity index (χ2v) is 9.57. The van der Waals surface area contributed by atoms with Crippen molar-refractivity contribution < 1.29 is 4.79 Å². The first kappa shape index (κ1) is 20.9. The molecule has 1 saturated carbocycles. The molecule has 0 spiro atoms. The third-order valence-corrected chi connectivity index (χ3v) is 6.67. The van der Waals surface area contributed by atoms with E-state index < -0.39 is 0 Å². The molecule has 0 saturated heterocycles. The minimum Gasteiger partial charge on any atom is -0.353 e. The summed E-state index contributed by atoms with van der Waals surface area (Å²) in [6.45, 7) is 2.86. The fraction of sp³-hybridized carbons (Fsp3) is 0.360. The number of fused-ring (bicyclic) bond motifs is 3. The molecule has 1 aliphatic carbocycles. The van der Waals surface area contributed by atoms with Crippen molar-refractivity contribution in [1.29, 1.82) is 0 Å². The fourth-order valence-corrected chi connectivity index (χ4v) is 4.76. The van der Waals surface area contributed by atoms with E-state index in [1.54, 1.807) is 11.8 Å². The number of hydrogen-bond acceptors (Lipinski definition) is 5. The van der Waals surface area contributed by atoms with E-state index in [0.29, 0.717) is 17.6 Å². The number of unbranched alkanes of at least 4 members (excludes halogenated alkanes) is 1. The van der Waals surface area contributed by atoms with Crippen molar-refractivity contribution in [2.45, 2.75) is 56.8 Å². The molecule has 0 radical (unpaired) electrons. The Morgan fingerprint density at radius 3 is 2.84 bits per heavy atom. The molecule has 0 aliphatic heterocycles. The summed E-state index contributed by atoms with van der Waals surface area (Å²) >= 11 is 1.61. The molecule has 2 aromatic heterocycles. The van der Waals surface area contributed by atoms with Crippen molar-refractivity contribution in [1.82, 2.24) is 25.1 Å². The monoisotopic (exact) mass is 445 g/mol. The number of carbonyl (C=O) groups is 1. The maximum absolute atomic E-state index is 11.8. The molecule has 1 amide bonds. The van der Waals surface area contributed by atoms with Gasteiger partial charge in [0.2, 0.25) is 11.1 Å². The SMILES string of the molecule is Cc1cccc(Cn2c3ccccc3c3nnc(SCCCCC(=O)NC4CC4)nc32)c1. The lowest BCUT2D eigenvalue weighted by molar-refractivity contribution is -0.121. The Morgan fingerprint density at radius 2 is 2.00 bits per heavy atom. The number of amides is 1. The summed E-state index contributed by atoms with van der Waals surface area (Å²) in [4.78, 5) is 16.7. The predicted molar refractivity (Wildman–Crippen MR) is 129 cm³/mol. The van der Waals surface area contributed by atoms with Gasteiger partial charge in [-0.3, -0.25) is 4.79 Å². The molecule has 4 aromatic rings. The number of carbonyl (C=O) groups excluding carboxylic acids is 1. The molecule has 2 aromatic carbocycles. The largest absolute Gasteiger partial charge is 0.353 e. The summed E-state index contributed by atoms with van der Waals surface area (Å²) in [6, 6.07) is 17.3. The molecule has 0 bridgehead atoms. The summed E-state index contributed by atoms with van der Waals surface area (Å²) in [7, 11) is 0. The molecule has 1 aliphatic rings. The number of rotatable bonds is 9. The number of hydrogen-bond donors (Lipinski definition) is 1. The minimum atomic E-state index is 0.178. The molecular formula is C25H27N5OS. The van der Waals surface area contributed by atoms with Crippen LogP contribution in [0.4, 0.5) is 0 Å². The smallest absolute Gasteiger partial charge is 0.220 e. The lowest BCUT2D eigenvalue weighted by Crippen LogP contribution is -2.24. The van der Waals surface area contributed by atoms with Crippen LogP contribution in [0.25, 0.3) is 22.1 Å². The number of nitrogens with zero attached hydrogens (tertiary/aromatic N) is 4. The lowest BCUT2D eigenvalue weighted by Gasteiger charge is -2.08. The van der Waals surface area contributed by atoms with E-state index in [-0.39, 0.29) is 5.91 Å². The van der Waals surface area contributed by atoms with Gasteiger partial charge >= 0.3 is 0 Å². The van der Waals surface area contributed by atoms with Crippen LogP contribution in [0.2, 0.25) is 0 Å². The Morgan fingerprint density at radius 1 is 1.12 bits per heavy atom. The highest BCUT2D eigenvalue weighted by molar-refractivity contribution is 7.99. The van der Waals surface area contributed by atoms with Crippen molar-refractivity contribution in [2.24, 2.45) is 0 Å². The summed E-state index contributed by atoms with van der Waals surface area (Å²) in [5.74, 6) is 1.06. The van der Waals surface area contributed by atoms with E-state index in [4.69, 9.17) is 4.98 Å². The van der Waals surface area contributed by atoms with Crippen LogP contribution in [0.15, 0.2) is 53.7 Å². The molecule has 1 N–H and O–H groups in total. The number of aromatic nitrogens is 4. The van der Waals surface area contributed by atoms with E-state index in [9.17, 15) is 4.79 Å². The second kappa shape index (κ2) is 9.28. The Labute approximate surface area is 191 Å². The highest BCUT2D eigenvalue weighted by Crippen LogP contribution is 2.28. The topological polar surface area (TPSA) is 72.7 Å². The average Bonchev–Trinajstić information content (AvgIpc) is 3.56.